The van der Waals surface area contributed by atoms with Crippen molar-refractivity contribution in [2.75, 3.05) is 0 Å². The lowest BCUT2D eigenvalue weighted by molar-refractivity contribution is -0.140. The van der Waals surface area contributed by atoms with Crippen LogP contribution in [0.3, 0.4) is 0 Å². The molecule has 0 bridgehead atoms. The first-order chi connectivity index (χ1) is 6.69. The number of carbonyl (C=O) groups excluding carboxylic acids is 1. The Bertz CT molecular complexity index is 255. The average Bonchev–Trinajstić information content (AvgIpc) is 2.55. The summed E-state index contributed by atoms with van der Waals surface area (Å²) in [6.07, 6.45) is 4.73. The molecule has 1 aliphatic heterocycles. The van der Waals surface area contributed by atoms with Gasteiger partial charge in [-0.1, -0.05) is 13.0 Å². The van der Waals surface area contributed by atoms with Crippen LogP contribution in [0.1, 0.15) is 26.2 Å². The van der Waals surface area contributed by atoms with Gasteiger partial charge in [0.2, 0.25) is 0 Å². The zero-order valence-corrected chi connectivity index (χ0v) is 8.40. The molecule has 0 saturated heterocycles. The zero-order chi connectivity index (χ0) is 10.6. The van der Waals surface area contributed by atoms with Crippen LogP contribution in [-0.4, -0.2) is 23.3 Å². The highest BCUT2D eigenvalue weighted by atomic mass is 16.5. The lowest BCUT2D eigenvalue weighted by Crippen LogP contribution is -2.15. The third-order valence-electron chi connectivity index (χ3n) is 2.26. The van der Waals surface area contributed by atoms with Crippen LogP contribution in [0.15, 0.2) is 24.3 Å². The number of cyclic esters (lactones) is 1. The van der Waals surface area contributed by atoms with Gasteiger partial charge in [-0.15, -0.1) is 6.58 Å². The fourth-order valence-corrected chi connectivity index (χ4v) is 1.40. The molecule has 1 heterocycles. The summed E-state index contributed by atoms with van der Waals surface area (Å²) in [7, 11) is 0. The number of aliphatic hydroxyl groups is 1. The minimum atomic E-state index is -0.684. The first-order valence-corrected chi connectivity index (χ1v) is 4.90. The van der Waals surface area contributed by atoms with Crippen LogP contribution in [-0.2, 0) is 9.53 Å². The van der Waals surface area contributed by atoms with E-state index >= 15 is 0 Å². The zero-order valence-electron chi connectivity index (χ0n) is 8.40. The molecule has 3 heteroatoms. The Balaban J connectivity index is 2.57. The van der Waals surface area contributed by atoms with Gasteiger partial charge in [0.1, 0.15) is 6.10 Å². The molecule has 0 saturated carbocycles. The third kappa shape index (κ3) is 2.45. The lowest BCUT2D eigenvalue weighted by atomic mass is 10.1. The second-order valence-electron chi connectivity index (χ2n) is 3.36. The monoisotopic (exact) mass is 196 g/mol. The fraction of sp³-hybridized carbons (Fsp3) is 0.545. The van der Waals surface area contributed by atoms with Crippen molar-refractivity contribution in [3.63, 3.8) is 0 Å². The van der Waals surface area contributed by atoms with Gasteiger partial charge in [0.25, 0.3) is 0 Å². The van der Waals surface area contributed by atoms with Crippen LogP contribution in [0.4, 0.5) is 0 Å². The van der Waals surface area contributed by atoms with Crippen LogP contribution in [0.2, 0.25) is 0 Å². The molecule has 0 unspecified atom stereocenters. The van der Waals surface area contributed by atoms with E-state index in [9.17, 15) is 9.90 Å². The van der Waals surface area contributed by atoms with Gasteiger partial charge in [-0.25, -0.2) is 4.79 Å². The van der Waals surface area contributed by atoms with Gasteiger partial charge in [-0.2, -0.15) is 0 Å². The molecule has 0 aromatic rings. The Labute approximate surface area is 84.1 Å². The molecular formula is C11H16O3. The Kier molecular flexibility index (Phi) is 3.89. The van der Waals surface area contributed by atoms with Crippen molar-refractivity contribution in [3.05, 3.63) is 24.3 Å². The van der Waals surface area contributed by atoms with Crippen molar-refractivity contribution in [1.29, 1.82) is 0 Å². The molecule has 0 amide bonds. The fourth-order valence-electron chi connectivity index (χ4n) is 1.40. The quantitative estimate of drug-likeness (QED) is 0.536. The number of allylic oxidation sites excluding steroid dienone is 1. The van der Waals surface area contributed by atoms with Gasteiger partial charge in [0, 0.05) is 0 Å². The minimum absolute atomic E-state index is 0.184. The van der Waals surface area contributed by atoms with Crippen LogP contribution in [0, 0.1) is 0 Å². The SMILES string of the molecule is C=CCC[C@H]1C=C([C@H](O)CC)C(=O)O1. The molecule has 0 spiro atoms. The van der Waals surface area contributed by atoms with Gasteiger partial charge in [0.15, 0.2) is 0 Å². The number of hydrogen-bond acceptors (Lipinski definition) is 3. The van der Waals surface area contributed by atoms with E-state index in [2.05, 4.69) is 6.58 Å². The number of aliphatic hydroxyl groups excluding tert-OH is 1. The largest absolute Gasteiger partial charge is 0.455 e. The number of ether oxygens (including phenoxy) is 1. The van der Waals surface area contributed by atoms with Crippen molar-refractivity contribution in [2.45, 2.75) is 38.4 Å². The second-order valence-corrected chi connectivity index (χ2v) is 3.36. The number of esters is 1. The lowest BCUT2D eigenvalue weighted by Gasteiger charge is -2.06. The van der Waals surface area contributed by atoms with Crippen LogP contribution in [0.5, 0.6) is 0 Å². The Morgan fingerprint density at radius 3 is 3.07 bits per heavy atom. The molecule has 14 heavy (non-hydrogen) atoms. The maximum absolute atomic E-state index is 11.3. The van der Waals surface area contributed by atoms with E-state index < -0.39 is 6.10 Å². The summed E-state index contributed by atoms with van der Waals surface area (Å²) in [4.78, 5) is 11.3. The Morgan fingerprint density at radius 1 is 1.79 bits per heavy atom. The van der Waals surface area contributed by atoms with Gasteiger partial charge in [0.05, 0.1) is 11.7 Å². The van der Waals surface area contributed by atoms with Crippen molar-refractivity contribution in [3.8, 4) is 0 Å². The summed E-state index contributed by atoms with van der Waals surface area (Å²) >= 11 is 0. The molecule has 1 rings (SSSR count). The average molecular weight is 196 g/mol. The van der Waals surface area contributed by atoms with E-state index in [1.165, 1.54) is 0 Å². The third-order valence-corrected chi connectivity index (χ3v) is 2.26. The minimum Gasteiger partial charge on any atom is -0.455 e. The second kappa shape index (κ2) is 4.96. The smallest absolute Gasteiger partial charge is 0.337 e. The molecule has 0 radical (unpaired) electrons. The van der Waals surface area contributed by atoms with Gasteiger partial charge < -0.3 is 9.84 Å². The summed E-state index contributed by atoms with van der Waals surface area (Å²) in [5, 5.41) is 9.48. The van der Waals surface area contributed by atoms with Gasteiger partial charge in [-0.3, -0.25) is 0 Å². The van der Waals surface area contributed by atoms with Crippen molar-refractivity contribution < 1.29 is 14.6 Å². The summed E-state index contributed by atoms with van der Waals surface area (Å²) in [5.41, 5.74) is 0.404. The molecule has 1 aliphatic rings. The van der Waals surface area contributed by atoms with Gasteiger partial charge in [-0.05, 0) is 25.3 Å². The molecule has 0 aromatic heterocycles. The summed E-state index contributed by atoms with van der Waals surface area (Å²) in [6, 6.07) is 0. The maximum Gasteiger partial charge on any atom is 0.337 e. The van der Waals surface area contributed by atoms with Gasteiger partial charge >= 0.3 is 5.97 Å². The van der Waals surface area contributed by atoms with Crippen molar-refractivity contribution in [2.24, 2.45) is 0 Å². The van der Waals surface area contributed by atoms with Crippen LogP contribution < -0.4 is 0 Å². The first kappa shape index (κ1) is 11.0. The predicted molar refractivity (Wildman–Crippen MR) is 53.7 cm³/mol. The molecule has 78 valence electrons. The highest BCUT2D eigenvalue weighted by molar-refractivity contribution is 5.91. The number of hydrogen-bond donors (Lipinski definition) is 1. The van der Waals surface area contributed by atoms with Crippen LogP contribution in [0.25, 0.3) is 0 Å². The van der Waals surface area contributed by atoms with E-state index in [1.807, 2.05) is 6.92 Å². The van der Waals surface area contributed by atoms with E-state index in [0.29, 0.717) is 12.0 Å². The normalized spacial score (nSPS) is 22.9. The number of rotatable bonds is 5. The molecular weight excluding hydrogens is 180 g/mol. The summed E-state index contributed by atoms with van der Waals surface area (Å²) in [5.74, 6) is -0.381. The Hall–Kier alpha value is -1.09. The molecule has 1 N–H and O–H groups in total. The highest BCUT2D eigenvalue weighted by Crippen LogP contribution is 2.21. The molecule has 0 fully saturated rings. The Morgan fingerprint density at radius 2 is 2.50 bits per heavy atom. The standard InChI is InChI=1S/C11H16O3/c1-3-5-6-8-7-9(10(12)4-2)11(13)14-8/h3,7-8,10,12H,1,4-6H2,2H3/t8-,10+/m0/s1. The van der Waals surface area contributed by atoms with E-state index in [1.54, 1.807) is 12.2 Å². The van der Waals surface area contributed by atoms with E-state index in [-0.39, 0.29) is 12.1 Å². The number of carbonyl (C=O) groups is 1. The molecule has 2 atom stereocenters. The van der Waals surface area contributed by atoms with Crippen molar-refractivity contribution in [1.82, 2.24) is 0 Å². The molecule has 3 nitrogen and oxygen atoms in total. The topological polar surface area (TPSA) is 46.5 Å². The maximum atomic E-state index is 11.3. The highest BCUT2D eigenvalue weighted by Gasteiger charge is 2.28. The van der Waals surface area contributed by atoms with E-state index in [0.717, 1.165) is 12.8 Å². The van der Waals surface area contributed by atoms with E-state index in [4.69, 9.17) is 4.74 Å². The summed E-state index contributed by atoms with van der Waals surface area (Å²) < 4.78 is 5.06. The summed E-state index contributed by atoms with van der Waals surface area (Å²) in [6.45, 7) is 5.43. The van der Waals surface area contributed by atoms with Crippen molar-refractivity contribution >= 4 is 5.97 Å². The molecule has 0 aromatic carbocycles. The predicted octanol–water partition coefficient (Wildman–Crippen LogP) is 1.58. The van der Waals surface area contributed by atoms with Crippen LogP contribution >= 0.6 is 0 Å². The first-order valence-electron chi connectivity index (χ1n) is 4.90. The molecule has 0 aliphatic carbocycles.